The summed E-state index contributed by atoms with van der Waals surface area (Å²) in [7, 11) is 1.84. The van der Waals surface area contributed by atoms with Gasteiger partial charge in [-0.3, -0.25) is 0 Å². The number of nitrogens with one attached hydrogen (secondary N) is 2. The minimum absolute atomic E-state index is 0.218. The van der Waals surface area contributed by atoms with Crippen molar-refractivity contribution >= 4 is 0 Å². The Hall–Kier alpha value is -0.290. The molecule has 5 heteroatoms. The van der Waals surface area contributed by atoms with E-state index in [-0.39, 0.29) is 12.0 Å². The third kappa shape index (κ3) is 4.84. The summed E-state index contributed by atoms with van der Waals surface area (Å²) >= 11 is 0. The number of alkyl halides is 3. The molecule has 3 atom stereocenters. The predicted octanol–water partition coefficient (Wildman–Crippen LogP) is 2.55. The molecular formula is C12H23F3N2. The molecule has 0 spiro atoms. The molecular weight excluding hydrogens is 229 g/mol. The molecule has 0 heterocycles. The maximum Gasteiger partial charge on any atom is 0.392 e. The van der Waals surface area contributed by atoms with Gasteiger partial charge in [0.25, 0.3) is 0 Å². The highest BCUT2D eigenvalue weighted by Crippen LogP contribution is 2.41. The van der Waals surface area contributed by atoms with E-state index in [0.29, 0.717) is 25.8 Å². The summed E-state index contributed by atoms with van der Waals surface area (Å²) in [6, 6.07) is 0.218. The molecule has 2 N–H and O–H groups in total. The number of likely N-dealkylation sites (N-methyl/N-ethyl adjacent to an activating group) is 1. The van der Waals surface area contributed by atoms with Gasteiger partial charge in [-0.25, -0.2) is 0 Å². The van der Waals surface area contributed by atoms with Crippen LogP contribution in [0.5, 0.6) is 0 Å². The van der Waals surface area contributed by atoms with Gasteiger partial charge in [0.1, 0.15) is 0 Å². The first-order valence-electron chi connectivity index (χ1n) is 6.40. The molecule has 1 fully saturated rings. The molecule has 0 saturated heterocycles. The third-order valence-corrected chi connectivity index (χ3v) is 3.57. The van der Waals surface area contributed by atoms with Gasteiger partial charge in [0.05, 0.1) is 5.92 Å². The van der Waals surface area contributed by atoms with Gasteiger partial charge < -0.3 is 10.6 Å². The van der Waals surface area contributed by atoms with Gasteiger partial charge in [-0.1, -0.05) is 12.8 Å². The fraction of sp³-hybridized carbons (Fsp3) is 1.00. The van der Waals surface area contributed by atoms with E-state index in [1.165, 1.54) is 0 Å². The smallest absolute Gasteiger partial charge is 0.318 e. The van der Waals surface area contributed by atoms with Gasteiger partial charge in [0.2, 0.25) is 0 Å². The second-order valence-electron chi connectivity index (χ2n) is 5.06. The van der Waals surface area contributed by atoms with Crippen molar-refractivity contribution in [3.63, 3.8) is 0 Å². The minimum atomic E-state index is -4.03. The van der Waals surface area contributed by atoms with E-state index in [2.05, 4.69) is 10.6 Å². The molecule has 0 aromatic rings. The lowest BCUT2D eigenvalue weighted by Gasteiger charge is -2.33. The Morgan fingerprint density at radius 1 is 1.24 bits per heavy atom. The van der Waals surface area contributed by atoms with Crippen LogP contribution in [0.1, 0.15) is 32.6 Å². The Kier molecular flexibility index (Phi) is 5.73. The van der Waals surface area contributed by atoms with Gasteiger partial charge in [-0.05, 0) is 39.3 Å². The average molecular weight is 252 g/mol. The van der Waals surface area contributed by atoms with Crippen molar-refractivity contribution in [2.45, 2.75) is 44.8 Å². The van der Waals surface area contributed by atoms with Crippen LogP contribution in [-0.4, -0.2) is 32.4 Å². The normalized spacial score (nSPS) is 28.1. The second kappa shape index (κ2) is 6.59. The first-order chi connectivity index (χ1) is 7.95. The molecule has 1 aliphatic rings. The molecule has 0 bridgehead atoms. The number of hydrogen-bond acceptors (Lipinski definition) is 2. The summed E-state index contributed by atoms with van der Waals surface area (Å²) in [6.45, 7) is 3.25. The molecule has 0 aliphatic heterocycles. The van der Waals surface area contributed by atoms with E-state index in [4.69, 9.17) is 0 Å². The summed E-state index contributed by atoms with van der Waals surface area (Å²) in [5.74, 6) is -1.35. The highest BCUT2D eigenvalue weighted by molar-refractivity contribution is 4.82. The fourth-order valence-electron chi connectivity index (χ4n) is 2.61. The quantitative estimate of drug-likeness (QED) is 0.785. The van der Waals surface area contributed by atoms with Gasteiger partial charge in [-0.15, -0.1) is 0 Å². The van der Waals surface area contributed by atoms with Crippen LogP contribution in [0.3, 0.4) is 0 Å². The fourth-order valence-corrected chi connectivity index (χ4v) is 2.61. The van der Waals surface area contributed by atoms with Crippen LogP contribution in [-0.2, 0) is 0 Å². The van der Waals surface area contributed by atoms with Gasteiger partial charge >= 0.3 is 6.18 Å². The van der Waals surface area contributed by atoms with Crippen molar-refractivity contribution < 1.29 is 13.2 Å². The monoisotopic (exact) mass is 252 g/mol. The van der Waals surface area contributed by atoms with Gasteiger partial charge in [0.15, 0.2) is 0 Å². The van der Waals surface area contributed by atoms with E-state index in [1.807, 2.05) is 14.0 Å². The second-order valence-corrected chi connectivity index (χ2v) is 5.06. The van der Waals surface area contributed by atoms with Crippen molar-refractivity contribution in [3.05, 3.63) is 0 Å². The third-order valence-electron chi connectivity index (χ3n) is 3.57. The zero-order valence-corrected chi connectivity index (χ0v) is 10.6. The van der Waals surface area contributed by atoms with Crippen molar-refractivity contribution in [1.82, 2.24) is 10.6 Å². The van der Waals surface area contributed by atoms with Gasteiger partial charge in [0, 0.05) is 12.6 Å². The summed E-state index contributed by atoms with van der Waals surface area (Å²) in [6.07, 6.45) is -1.38. The Morgan fingerprint density at radius 3 is 2.47 bits per heavy atom. The zero-order valence-electron chi connectivity index (χ0n) is 10.6. The van der Waals surface area contributed by atoms with E-state index >= 15 is 0 Å². The van der Waals surface area contributed by atoms with E-state index in [9.17, 15) is 13.2 Å². The molecule has 2 nitrogen and oxygen atoms in total. The molecule has 0 amide bonds. The molecule has 102 valence electrons. The molecule has 17 heavy (non-hydrogen) atoms. The van der Waals surface area contributed by atoms with Crippen LogP contribution in [0.15, 0.2) is 0 Å². The summed E-state index contributed by atoms with van der Waals surface area (Å²) in [5.41, 5.74) is 0. The Labute approximate surface area is 101 Å². The van der Waals surface area contributed by atoms with Crippen LogP contribution in [0, 0.1) is 11.8 Å². The molecule has 0 aromatic carbocycles. The van der Waals surface area contributed by atoms with Crippen molar-refractivity contribution in [3.8, 4) is 0 Å². The van der Waals surface area contributed by atoms with E-state index < -0.39 is 12.1 Å². The minimum Gasteiger partial charge on any atom is -0.318 e. The average Bonchev–Trinajstić information content (AvgIpc) is 2.26. The molecule has 0 aromatic heterocycles. The Balaban J connectivity index is 2.43. The lowest BCUT2D eigenvalue weighted by molar-refractivity contribution is -0.195. The van der Waals surface area contributed by atoms with Crippen molar-refractivity contribution in [2.24, 2.45) is 11.8 Å². The van der Waals surface area contributed by atoms with Crippen molar-refractivity contribution in [2.75, 3.05) is 20.1 Å². The first-order valence-corrected chi connectivity index (χ1v) is 6.40. The molecule has 1 aliphatic carbocycles. The van der Waals surface area contributed by atoms with E-state index in [1.54, 1.807) is 0 Å². The highest BCUT2D eigenvalue weighted by Gasteiger charge is 2.45. The van der Waals surface area contributed by atoms with Crippen molar-refractivity contribution in [1.29, 1.82) is 0 Å². The summed E-state index contributed by atoms with van der Waals surface area (Å²) in [5, 5.41) is 6.20. The number of hydrogen-bond donors (Lipinski definition) is 2. The highest BCUT2D eigenvalue weighted by atomic mass is 19.4. The van der Waals surface area contributed by atoms with Gasteiger partial charge in [-0.2, -0.15) is 13.2 Å². The topological polar surface area (TPSA) is 24.1 Å². The predicted molar refractivity (Wildman–Crippen MR) is 62.9 cm³/mol. The van der Waals surface area contributed by atoms with Crippen LogP contribution in [0.2, 0.25) is 0 Å². The zero-order chi connectivity index (χ0) is 12.9. The summed E-state index contributed by atoms with van der Waals surface area (Å²) in [4.78, 5) is 0. The number of rotatable bonds is 5. The lowest BCUT2D eigenvalue weighted by Crippen LogP contribution is -2.43. The van der Waals surface area contributed by atoms with Crippen LogP contribution < -0.4 is 10.6 Å². The number of halogens is 3. The van der Waals surface area contributed by atoms with Crippen LogP contribution >= 0.6 is 0 Å². The summed E-state index contributed by atoms with van der Waals surface area (Å²) < 4.78 is 38.5. The largest absolute Gasteiger partial charge is 0.392 e. The molecule has 1 saturated carbocycles. The van der Waals surface area contributed by atoms with Crippen LogP contribution in [0.25, 0.3) is 0 Å². The lowest BCUT2D eigenvalue weighted by atomic mass is 9.78. The van der Waals surface area contributed by atoms with Crippen LogP contribution in [0.4, 0.5) is 13.2 Å². The molecule has 1 rings (SSSR count). The SMILES string of the molecule is CNCC(C)NCC1CCCCC1C(F)(F)F. The first kappa shape index (κ1) is 14.8. The standard InChI is InChI=1S/C12H23F3N2/c1-9(7-16-2)17-8-10-5-3-4-6-11(10)12(13,14)15/h9-11,16-17H,3-8H2,1-2H3. The molecule has 3 unspecified atom stereocenters. The maximum atomic E-state index is 12.8. The van der Waals surface area contributed by atoms with E-state index in [0.717, 1.165) is 13.0 Å². The maximum absolute atomic E-state index is 12.8. The Morgan fingerprint density at radius 2 is 1.88 bits per heavy atom. The Bertz CT molecular complexity index is 218. The molecule has 0 radical (unpaired) electrons.